The Morgan fingerprint density at radius 2 is 1.28 bits per heavy atom. The summed E-state index contributed by atoms with van der Waals surface area (Å²) in [5.74, 6) is 0.612. The van der Waals surface area contributed by atoms with Gasteiger partial charge in [-0.25, -0.2) is 0 Å². The van der Waals surface area contributed by atoms with E-state index in [1.807, 2.05) is 44.2 Å². The number of benzene rings is 2. The zero-order valence-electron chi connectivity index (χ0n) is 23.5. The molecule has 36 heavy (non-hydrogen) atoms. The minimum absolute atomic E-state index is 0.0195. The van der Waals surface area contributed by atoms with E-state index in [-0.39, 0.29) is 12.0 Å². The second-order valence-corrected chi connectivity index (χ2v) is 10.4. The van der Waals surface area contributed by atoms with Crippen LogP contribution in [0.4, 0.5) is 5.69 Å². The highest BCUT2D eigenvalue weighted by Crippen LogP contribution is 2.27. The highest BCUT2D eigenvalue weighted by Gasteiger charge is 2.19. The molecule has 0 spiro atoms. The van der Waals surface area contributed by atoms with Gasteiger partial charge in [-0.3, -0.25) is 4.79 Å². The molecule has 0 aliphatic rings. The largest absolute Gasteiger partial charge is 0.490 e. The first-order valence-electron chi connectivity index (χ1n) is 14.7. The fourth-order valence-electron chi connectivity index (χ4n) is 4.86. The van der Waals surface area contributed by atoms with E-state index in [4.69, 9.17) is 4.74 Å². The Morgan fingerprint density at radius 1 is 0.722 bits per heavy atom. The predicted molar refractivity (Wildman–Crippen MR) is 155 cm³/mol. The van der Waals surface area contributed by atoms with Gasteiger partial charge in [-0.05, 0) is 56.4 Å². The number of aryl methyl sites for hydroxylation is 2. The molecule has 0 aromatic heterocycles. The third-order valence-electron chi connectivity index (χ3n) is 6.90. The first-order chi connectivity index (χ1) is 17.6. The van der Waals surface area contributed by atoms with Crippen molar-refractivity contribution in [2.24, 2.45) is 0 Å². The van der Waals surface area contributed by atoms with Crippen molar-refractivity contribution in [3.05, 3.63) is 59.2 Å². The van der Waals surface area contributed by atoms with Crippen molar-refractivity contribution in [1.29, 1.82) is 0 Å². The molecule has 1 N–H and O–H groups in total. The highest BCUT2D eigenvalue weighted by molar-refractivity contribution is 6.07. The summed E-state index contributed by atoms with van der Waals surface area (Å²) in [5, 5.41) is 3.16. The first-order valence-corrected chi connectivity index (χ1v) is 14.7. The van der Waals surface area contributed by atoms with Crippen molar-refractivity contribution < 1.29 is 9.53 Å². The van der Waals surface area contributed by atoms with Crippen LogP contribution in [0.1, 0.15) is 133 Å². The Bertz CT molecular complexity index is 874. The number of nitrogens with one attached hydrogen (secondary N) is 1. The Kier molecular flexibility index (Phi) is 15.0. The molecule has 0 unspecified atom stereocenters. The van der Waals surface area contributed by atoms with Crippen LogP contribution in [0.25, 0.3) is 0 Å². The van der Waals surface area contributed by atoms with E-state index < -0.39 is 0 Å². The molecule has 0 heterocycles. The van der Waals surface area contributed by atoms with E-state index >= 15 is 0 Å². The van der Waals surface area contributed by atoms with Crippen molar-refractivity contribution in [3.8, 4) is 5.75 Å². The molecular formula is C33H51NO2. The van der Waals surface area contributed by atoms with E-state index in [1.54, 1.807) is 0 Å². The zero-order chi connectivity index (χ0) is 26.0. The zero-order valence-corrected chi connectivity index (χ0v) is 23.5. The Labute approximate surface area is 221 Å². The highest BCUT2D eigenvalue weighted by atomic mass is 16.5. The molecule has 2 aromatic rings. The molecule has 2 rings (SSSR count). The smallest absolute Gasteiger partial charge is 0.259 e. The van der Waals surface area contributed by atoms with Crippen LogP contribution in [-0.4, -0.2) is 12.0 Å². The average molecular weight is 494 g/mol. The van der Waals surface area contributed by atoms with E-state index in [2.05, 4.69) is 31.3 Å². The van der Waals surface area contributed by atoms with Crippen LogP contribution in [0.3, 0.4) is 0 Å². The normalized spacial score (nSPS) is 11.1. The van der Waals surface area contributed by atoms with Crippen LogP contribution in [0, 0.1) is 0 Å². The van der Waals surface area contributed by atoms with E-state index in [1.165, 1.54) is 77.0 Å². The summed E-state index contributed by atoms with van der Waals surface area (Å²) < 4.78 is 6.06. The quantitative estimate of drug-likeness (QED) is 0.198. The number of unbranched alkanes of at least 4 members (excludes halogenated alkanes) is 12. The second kappa shape index (κ2) is 18.0. The molecule has 0 saturated heterocycles. The molecule has 3 nitrogen and oxygen atoms in total. The first kappa shape index (κ1) is 29.9. The van der Waals surface area contributed by atoms with Gasteiger partial charge < -0.3 is 10.1 Å². The number of carbonyl (C=O) groups is 1. The molecule has 0 radical (unpaired) electrons. The standard InChI is InChI=1S/C33H51NO2/c1-5-7-8-9-10-11-12-13-14-15-16-17-18-23-29-24-21-26-31(36-27(3)4)32(29)33(35)34-30-25-20-19-22-28(30)6-2/h19-22,24-27H,5-18,23H2,1-4H3,(H,34,35). The Balaban J connectivity index is 1.83. The average Bonchev–Trinajstić information content (AvgIpc) is 2.86. The van der Waals surface area contributed by atoms with Gasteiger partial charge in [-0.2, -0.15) is 0 Å². The van der Waals surface area contributed by atoms with Gasteiger partial charge in [-0.1, -0.05) is 121 Å². The molecule has 0 fully saturated rings. The number of hydrogen-bond donors (Lipinski definition) is 1. The summed E-state index contributed by atoms with van der Waals surface area (Å²) in [6.07, 6.45) is 19.3. The van der Waals surface area contributed by atoms with Crippen molar-refractivity contribution in [1.82, 2.24) is 0 Å². The topological polar surface area (TPSA) is 38.3 Å². The number of anilines is 1. The van der Waals surface area contributed by atoms with Crippen molar-refractivity contribution in [2.75, 3.05) is 5.32 Å². The second-order valence-electron chi connectivity index (χ2n) is 10.4. The molecule has 0 atom stereocenters. The van der Waals surface area contributed by atoms with Gasteiger partial charge >= 0.3 is 0 Å². The molecule has 0 aliphatic heterocycles. The third kappa shape index (κ3) is 11.2. The lowest BCUT2D eigenvalue weighted by molar-refractivity contribution is 0.102. The summed E-state index contributed by atoms with van der Waals surface area (Å²) in [4.78, 5) is 13.4. The minimum atomic E-state index is -0.0724. The number of amides is 1. The minimum Gasteiger partial charge on any atom is -0.490 e. The maximum Gasteiger partial charge on any atom is 0.259 e. The van der Waals surface area contributed by atoms with Crippen LogP contribution >= 0.6 is 0 Å². The van der Waals surface area contributed by atoms with E-state index in [9.17, 15) is 4.79 Å². The molecular weight excluding hydrogens is 442 g/mol. The summed E-state index contributed by atoms with van der Waals surface area (Å²) >= 11 is 0. The molecule has 1 amide bonds. The van der Waals surface area contributed by atoms with Gasteiger partial charge in [0.2, 0.25) is 0 Å². The van der Waals surface area contributed by atoms with Crippen molar-refractivity contribution in [3.63, 3.8) is 0 Å². The fraction of sp³-hybridized carbons (Fsp3) is 0.606. The summed E-state index contributed by atoms with van der Waals surface area (Å²) in [7, 11) is 0. The number of carbonyl (C=O) groups excluding carboxylic acids is 1. The molecule has 2 aromatic carbocycles. The van der Waals surface area contributed by atoms with Gasteiger partial charge in [0, 0.05) is 5.69 Å². The third-order valence-corrected chi connectivity index (χ3v) is 6.90. The fourth-order valence-corrected chi connectivity index (χ4v) is 4.86. The SMILES string of the molecule is CCCCCCCCCCCCCCCc1cccc(OC(C)C)c1C(=O)Nc1ccccc1CC. The number of rotatable bonds is 19. The Morgan fingerprint density at radius 3 is 1.86 bits per heavy atom. The van der Waals surface area contributed by atoms with E-state index in [0.717, 1.165) is 36.1 Å². The van der Waals surface area contributed by atoms with Crippen LogP contribution in [0.2, 0.25) is 0 Å². The lowest BCUT2D eigenvalue weighted by Crippen LogP contribution is -2.18. The van der Waals surface area contributed by atoms with E-state index in [0.29, 0.717) is 11.3 Å². The molecule has 0 saturated carbocycles. The van der Waals surface area contributed by atoms with Crippen LogP contribution in [0.15, 0.2) is 42.5 Å². The summed E-state index contributed by atoms with van der Waals surface area (Å²) in [5.41, 5.74) is 3.81. The summed E-state index contributed by atoms with van der Waals surface area (Å²) in [6, 6.07) is 14.1. The molecule has 0 aliphatic carbocycles. The maximum atomic E-state index is 13.4. The number of hydrogen-bond acceptors (Lipinski definition) is 2. The van der Waals surface area contributed by atoms with Gasteiger partial charge in [0.05, 0.1) is 11.7 Å². The van der Waals surface area contributed by atoms with Gasteiger partial charge in [0.1, 0.15) is 5.75 Å². The summed E-state index contributed by atoms with van der Waals surface area (Å²) in [6.45, 7) is 8.41. The van der Waals surface area contributed by atoms with Crippen LogP contribution in [-0.2, 0) is 12.8 Å². The van der Waals surface area contributed by atoms with Crippen molar-refractivity contribution in [2.45, 2.75) is 130 Å². The van der Waals surface area contributed by atoms with Crippen molar-refractivity contribution >= 4 is 11.6 Å². The number of ether oxygens (including phenoxy) is 1. The van der Waals surface area contributed by atoms with Gasteiger partial charge in [0.25, 0.3) is 5.91 Å². The number of para-hydroxylation sites is 1. The van der Waals surface area contributed by atoms with Crippen LogP contribution in [0.5, 0.6) is 5.75 Å². The maximum absolute atomic E-state index is 13.4. The lowest BCUT2D eigenvalue weighted by atomic mass is 9.98. The molecule has 200 valence electrons. The molecule has 0 bridgehead atoms. The monoisotopic (exact) mass is 493 g/mol. The van der Waals surface area contributed by atoms with Crippen LogP contribution < -0.4 is 10.1 Å². The lowest BCUT2D eigenvalue weighted by Gasteiger charge is -2.18. The van der Waals surface area contributed by atoms with Gasteiger partial charge in [-0.15, -0.1) is 0 Å². The Hall–Kier alpha value is -2.29. The van der Waals surface area contributed by atoms with Gasteiger partial charge in [0.15, 0.2) is 0 Å². The molecule has 3 heteroatoms. The predicted octanol–water partition coefficient (Wildman–Crippen LogP) is 9.92.